The van der Waals surface area contributed by atoms with Gasteiger partial charge in [-0.2, -0.15) is 0 Å². The quantitative estimate of drug-likeness (QED) is 0.283. The summed E-state index contributed by atoms with van der Waals surface area (Å²) in [7, 11) is 0. The minimum absolute atomic E-state index is 0.101. The Labute approximate surface area is 202 Å². The van der Waals surface area contributed by atoms with Crippen molar-refractivity contribution in [2.75, 3.05) is 10.6 Å². The molecule has 0 aliphatic carbocycles. The molecule has 0 saturated carbocycles. The lowest BCUT2D eigenvalue weighted by atomic mass is 10.1. The van der Waals surface area contributed by atoms with Crippen LogP contribution >= 0.6 is 23.4 Å². The van der Waals surface area contributed by atoms with Crippen molar-refractivity contribution in [3.8, 4) is 0 Å². The maximum atomic E-state index is 13.1. The van der Waals surface area contributed by atoms with E-state index in [1.165, 1.54) is 11.8 Å². The summed E-state index contributed by atoms with van der Waals surface area (Å²) in [6, 6.07) is 33.3. The fourth-order valence-electron chi connectivity index (χ4n) is 3.22. The number of hydrogen-bond donors (Lipinski definition) is 2. The zero-order chi connectivity index (χ0) is 23.0. The van der Waals surface area contributed by atoms with Gasteiger partial charge in [-0.1, -0.05) is 66.2 Å². The third-order valence-electron chi connectivity index (χ3n) is 4.83. The van der Waals surface area contributed by atoms with Crippen LogP contribution in [0.15, 0.2) is 114 Å². The van der Waals surface area contributed by atoms with Gasteiger partial charge in [-0.05, 0) is 60.2 Å². The zero-order valence-corrected chi connectivity index (χ0v) is 19.1. The van der Waals surface area contributed by atoms with Crippen LogP contribution in [0, 0.1) is 0 Å². The highest BCUT2D eigenvalue weighted by Crippen LogP contribution is 2.36. The average Bonchev–Trinajstić information content (AvgIpc) is 2.84. The van der Waals surface area contributed by atoms with Gasteiger partial charge >= 0.3 is 0 Å². The fraction of sp³-hybridized carbons (Fsp3) is 0.0370. The summed E-state index contributed by atoms with van der Waals surface area (Å²) in [6.45, 7) is 0. The maximum absolute atomic E-state index is 13.1. The van der Waals surface area contributed by atoms with Gasteiger partial charge in [-0.3, -0.25) is 9.59 Å². The number of amides is 2. The molecule has 0 heterocycles. The number of carbonyl (C=O) groups excluding carboxylic acids is 2. The Morgan fingerprint density at radius 2 is 1.33 bits per heavy atom. The molecule has 33 heavy (non-hydrogen) atoms. The Balaban J connectivity index is 1.48. The highest BCUT2D eigenvalue weighted by Gasteiger charge is 2.22. The van der Waals surface area contributed by atoms with Crippen LogP contribution in [-0.4, -0.2) is 11.8 Å². The maximum Gasteiger partial charge on any atom is 0.255 e. The normalized spacial score (nSPS) is 11.4. The van der Waals surface area contributed by atoms with Crippen LogP contribution in [-0.2, 0) is 4.79 Å². The number of thioether (sulfide) groups is 1. The number of anilines is 2. The summed E-state index contributed by atoms with van der Waals surface area (Å²) in [5.74, 6) is -0.335. The summed E-state index contributed by atoms with van der Waals surface area (Å²) < 4.78 is 0. The van der Waals surface area contributed by atoms with E-state index in [1.807, 2.05) is 84.9 Å². The van der Waals surface area contributed by atoms with E-state index in [0.29, 0.717) is 16.3 Å². The van der Waals surface area contributed by atoms with Crippen molar-refractivity contribution in [2.24, 2.45) is 0 Å². The van der Waals surface area contributed by atoms with Crippen molar-refractivity contribution in [1.29, 1.82) is 0 Å². The second-order valence-electron chi connectivity index (χ2n) is 7.25. The van der Waals surface area contributed by atoms with E-state index in [2.05, 4.69) is 10.6 Å². The Morgan fingerprint density at radius 3 is 2.00 bits per heavy atom. The minimum atomic E-state index is -0.432. The van der Waals surface area contributed by atoms with Crippen molar-refractivity contribution < 1.29 is 9.59 Å². The molecular weight excluding hydrogens is 452 g/mol. The fourth-order valence-corrected chi connectivity index (χ4v) is 4.43. The molecule has 0 spiro atoms. The Morgan fingerprint density at radius 1 is 0.697 bits per heavy atom. The van der Waals surface area contributed by atoms with Crippen LogP contribution in [0.25, 0.3) is 0 Å². The Hall–Kier alpha value is -3.54. The van der Waals surface area contributed by atoms with Gasteiger partial charge in [0.25, 0.3) is 5.91 Å². The molecule has 0 aliphatic rings. The van der Waals surface area contributed by atoms with Gasteiger partial charge < -0.3 is 10.6 Å². The first-order valence-corrected chi connectivity index (χ1v) is 11.6. The van der Waals surface area contributed by atoms with Crippen LogP contribution in [0.5, 0.6) is 0 Å². The molecule has 0 bridgehead atoms. The molecule has 4 aromatic rings. The van der Waals surface area contributed by atoms with Gasteiger partial charge in [-0.15, -0.1) is 11.8 Å². The molecule has 0 saturated heterocycles. The standard InChI is InChI=1S/C27H21ClN2O2S/c28-21-11-7-10-20(18-21)26(31)29-23-14-16-24(17-15-23)33-25(19-8-3-1-4-9-19)27(32)30-22-12-5-2-6-13-22/h1-18,25H,(H,29,31)(H,30,32). The van der Waals surface area contributed by atoms with Gasteiger partial charge in [0.15, 0.2) is 0 Å². The van der Waals surface area contributed by atoms with E-state index < -0.39 is 5.25 Å². The molecule has 2 N–H and O–H groups in total. The molecule has 6 heteroatoms. The molecule has 4 rings (SSSR count). The highest BCUT2D eigenvalue weighted by molar-refractivity contribution is 8.00. The molecule has 0 radical (unpaired) electrons. The van der Waals surface area contributed by atoms with Crippen molar-refractivity contribution in [3.05, 3.63) is 125 Å². The molecule has 164 valence electrons. The lowest BCUT2D eigenvalue weighted by Gasteiger charge is -2.17. The monoisotopic (exact) mass is 472 g/mol. The summed E-state index contributed by atoms with van der Waals surface area (Å²) in [4.78, 5) is 26.5. The highest BCUT2D eigenvalue weighted by atomic mass is 35.5. The molecule has 0 fully saturated rings. The van der Waals surface area contributed by atoms with E-state index in [1.54, 1.807) is 24.3 Å². The summed E-state index contributed by atoms with van der Waals surface area (Å²) in [5.41, 5.74) is 2.81. The van der Waals surface area contributed by atoms with Crippen LogP contribution in [0.2, 0.25) is 5.02 Å². The lowest BCUT2D eigenvalue weighted by Crippen LogP contribution is -2.19. The molecule has 0 aliphatic heterocycles. The van der Waals surface area contributed by atoms with Gasteiger partial charge in [0, 0.05) is 26.9 Å². The van der Waals surface area contributed by atoms with Crippen LogP contribution in [0.1, 0.15) is 21.2 Å². The van der Waals surface area contributed by atoms with Crippen molar-refractivity contribution in [3.63, 3.8) is 0 Å². The Kier molecular flexibility index (Phi) is 7.45. The van der Waals surface area contributed by atoms with E-state index in [0.717, 1.165) is 16.1 Å². The van der Waals surface area contributed by atoms with Gasteiger partial charge in [0.05, 0.1) is 0 Å². The topological polar surface area (TPSA) is 58.2 Å². The van der Waals surface area contributed by atoms with E-state index in [-0.39, 0.29) is 11.8 Å². The first-order valence-electron chi connectivity index (χ1n) is 10.3. The third-order valence-corrected chi connectivity index (χ3v) is 6.34. The minimum Gasteiger partial charge on any atom is -0.325 e. The molecule has 4 aromatic carbocycles. The number of benzene rings is 4. The molecular formula is C27H21ClN2O2S. The van der Waals surface area contributed by atoms with Gasteiger partial charge in [0.1, 0.15) is 5.25 Å². The molecule has 4 nitrogen and oxygen atoms in total. The molecule has 2 amide bonds. The molecule has 1 unspecified atom stereocenters. The van der Waals surface area contributed by atoms with E-state index in [4.69, 9.17) is 11.6 Å². The smallest absolute Gasteiger partial charge is 0.255 e. The number of nitrogens with one attached hydrogen (secondary N) is 2. The Bertz CT molecular complexity index is 1230. The third kappa shape index (κ3) is 6.25. The summed E-state index contributed by atoms with van der Waals surface area (Å²) in [5, 5.41) is 5.94. The number of rotatable bonds is 7. The van der Waals surface area contributed by atoms with Crippen molar-refractivity contribution >= 4 is 46.6 Å². The van der Waals surface area contributed by atoms with Gasteiger partial charge in [-0.25, -0.2) is 0 Å². The number of para-hydroxylation sites is 1. The van der Waals surface area contributed by atoms with Gasteiger partial charge in [0.2, 0.25) is 5.91 Å². The largest absolute Gasteiger partial charge is 0.325 e. The SMILES string of the molecule is O=C(Nc1ccc(SC(C(=O)Nc2ccccc2)c2ccccc2)cc1)c1cccc(Cl)c1. The van der Waals surface area contributed by atoms with Crippen molar-refractivity contribution in [2.45, 2.75) is 10.1 Å². The van der Waals surface area contributed by atoms with Crippen LogP contribution in [0.3, 0.4) is 0 Å². The predicted molar refractivity (Wildman–Crippen MR) is 136 cm³/mol. The molecule has 0 aromatic heterocycles. The van der Waals surface area contributed by atoms with E-state index >= 15 is 0 Å². The van der Waals surface area contributed by atoms with Crippen LogP contribution in [0.4, 0.5) is 11.4 Å². The first kappa shape index (κ1) is 22.6. The molecule has 1 atom stereocenters. The number of carbonyl (C=O) groups is 2. The number of hydrogen-bond acceptors (Lipinski definition) is 3. The van der Waals surface area contributed by atoms with E-state index in [9.17, 15) is 9.59 Å². The predicted octanol–water partition coefficient (Wildman–Crippen LogP) is 7.06. The van der Waals surface area contributed by atoms with Crippen LogP contribution < -0.4 is 10.6 Å². The lowest BCUT2D eigenvalue weighted by molar-refractivity contribution is -0.115. The second-order valence-corrected chi connectivity index (χ2v) is 8.87. The van der Waals surface area contributed by atoms with Crippen molar-refractivity contribution in [1.82, 2.24) is 0 Å². The first-order chi connectivity index (χ1) is 16.1. The average molecular weight is 473 g/mol. The second kappa shape index (κ2) is 10.9. The number of halogens is 1. The summed E-state index contributed by atoms with van der Waals surface area (Å²) >= 11 is 7.43. The zero-order valence-electron chi connectivity index (χ0n) is 17.6. The summed E-state index contributed by atoms with van der Waals surface area (Å²) in [6.07, 6.45) is 0.